The van der Waals surface area contributed by atoms with Crippen molar-refractivity contribution in [2.45, 2.75) is 23.8 Å². The molecule has 3 aromatic rings. The van der Waals surface area contributed by atoms with Gasteiger partial charge in [-0.25, -0.2) is 13.1 Å². The number of hydrogen-bond donors (Lipinski definition) is 1. The number of nitrogens with zero attached hydrogens (tertiary/aromatic N) is 3. The first-order valence-electron chi connectivity index (χ1n) is 8.36. The number of fused-ring (bicyclic) bond motifs is 1. The van der Waals surface area contributed by atoms with Crippen LogP contribution in [0.1, 0.15) is 24.4 Å². The van der Waals surface area contributed by atoms with E-state index in [1.54, 1.807) is 30.6 Å². The van der Waals surface area contributed by atoms with Gasteiger partial charge in [-0.2, -0.15) is 8.75 Å². The van der Waals surface area contributed by atoms with Gasteiger partial charge in [0.25, 0.3) is 0 Å². The fourth-order valence-electron chi connectivity index (χ4n) is 3.27. The Morgan fingerprint density at radius 3 is 2.77 bits per heavy atom. The summed E-state index contributed by atoms with van der Waals surface area (Å²) in [6, 6.07) is 8.37. The monoisotopic (exact) mass is 390 g/mol. The predicted molar refractivity (Wildman–Crippen MR) is 98.3 cm³/mol. The minimum Gasteiger partial charge on any atom is -0.381 e. The van der Waals surface area contributed by atoms with E-state index in [1.807, 2.05) is 12.1 Å². The summed E-state index contributed by atoms with van der Waals surface area (Å²) in [7, 11) is -3.77. The lowest BCUT2D eigenvalue weighted by Crippen LogP contribution is -2.36. The number of nitrogens with one attached hydrogen (secondary N) is 1. The van der Waals surface area contributed by atoms with Crippen LogP contribution in [0.5, 0.6) is 0 Å². The van der Waals surface area contributed by atoms with Gasteiger partial charge in [-0.3, -0.25) is 4.98 Å². The van der Waals surface area contributed by atoms with Gasteiger partial charge in [0.15, 0.2) is 0 Å². The lowest BCUT2D eigenvalue weighted by molar-refractivity contribution is 0.0564. The maximum absolute atomic E-state index is 13.1. The molecular formula is C17H18N4O3S2. The summed E-state index contributed by atoms with van der Waals surface area (Å²) in [6.45, 7) is 1.27. The van der Waals surface area contributed by atoms with Crippen molar-refractivity contribution >= 4 is 32.8 Å². The van der Waals surface area contributed by atoms with E-state index in [2.05, 4.69) is 18.5 Å². The number of benzene rings is 1. The first-order valence-corrected chi connectivity index (χ1v) is 10.6. The Balaban J connectivity index is 1.71. The van der Waals surface area contributed by atoms with E-state index in [4.69, 9.17) is 4.74 Å². The molecule has 0 aliphatic carbocycles. The smallest absolute Gasteiger partial charge is 0.243 e. The first-order chi connectivity index (χ1) is 12.6. The van der Waals surface area contributed by atoms with Crippen LogP contribution >= 0.6 is 11.7 Å². The quantitative estimate of drug-likeness (QED) is 0.719. The van der Waals surface area contributed by atoms with Crippen LogP contribution in [-0.2, 0) is 14.8 Å². The van der Waals surface area contributed by atoms with Gasteiger partial charge in [-0.15, -0.1) is 0 Å². The molecule has 1 aliphatic heterocycles. The van der Waals surface area contributed by atoms with Gasteiger partial charge in [0.2, 0.25) is 10.0 Å². The highest BCUT2D eigenvalue weighted by Crippen LogP contribution is 2.32. The highest BCUT2D eigenvalue weighted by molar-refractivity contribution is 7.89. The summed E-state index contributed by atoms with van der Waals surface area (Å²) >= 11 is 1.01. The Bertz CT molecular complexity index is 985. The molecule has 7 nitrogen and oxygen atoms in total. The molecule has 0 saturated carbocycles. The van der Waals surface area contributed by atoms with Crippen molar-refractivity contribution in [2.75, 3.05) is 13.2 Å². The van der Waals surface area contributed by atoms with Crippen LogP contribution in [0.25, 0.3) is 11.0 Å². The second kappa shape index (κ2) is 7.36. The lowest BCUT2D eigenvalue weighted by atomic mass is 9.88. The molecule has 26 heavy (non-hydrogen) atoms. The van der Waals surface area contributed by atoms with E-state index in [-0.39, 0.29) is 16.9 Å². The van der Waals surface area contributed by atoms with E-state index >= 15 is 0 Å². The van der Waals surface area contributed by atoms with Crippen LogP contribution in [0.4, 0.5) is 0 Å². The van der Waals surface area contributed by atoms with Crippen molar-refractivity contribution in [3.05, 3.63) is 48.3 Å². The molecule has 1 fully saturated rings. The summed E-state index contributed by atoms with van der Waals surface area (Å²) in [5.41, 5.74) is 1.84. The highest BCUT2D eigenvalue weighted by atomic mass is 32.2. The Hall–Kier alpha value is -1.94. The molecular weight excluding hydrogens is 372 g/mol. The zero-order valence-electron chi connectivity index (χ0n) is 13.9. The van der Waals surface area contributed by atoms with Crippen LogP contribution in [0, 0.1) is 5.92 Å². The van der Waals surface area contributed by atoms with Crippen molar-refractivity contribution in [1.82, 2.24) is 18.5 Å². The van der Waals surface area contributed by atoms with Crippen LogP contribution < -0.4 is 4.72 Å². The molecule has 2 aromatic heterocycles. The second-order valence-electron chi connectivity index (χ2n) is 6.22. The summed E-state index contributed by atoms with van der Waals surface area (Å²) in [5.74, 6) is 0.149. The first kappa shape index (κ1) is 17.5. The molecule has 0 bridgehead atoms. The number of ether oxygens (including phenoxy) is 1. The van der Waals surface area contributed by atoms with Crippen LogP contribution in [0.15, 0.2) is 47.6 Å². The molecule has 3 heterocycles. The fourth-order valence-corrected chi connectivity index (χ4v) is 5.33. The fraction of sp³-hybridized carbons (Fsp3) is 0.353. The largest absolute Gasteiger partial charge is 0.381 e. The molecule has 1 aromatic carbocycles. The molecule has 1 saturated heterocycles. The Labute approximate surface area is 155 Å². The molecule has 1 atom stereocenters. The van der Waals surface area contributed by atoms with Gasteiger partial charge in [0, 0.05) is 25.6 Å². The molecule has 0 radical (unpaired) electrons. The summed E-state index contributed by atoms with van der Waals surface area (Å²) in [6.07, 6.45) is 4.99. The summed E-state index contributed by atoms with van der Waals surface area (Å²) in [4.78, 5) is 4.32. The zero-order valence-corrected chi connectivity index (χ0v) is 15.5. The second-order valence-corrected chi connectivity index (χ2v) is 8.43. The van der Waals surface area contributed by atoms with Crippen molar-refractivity contribution < 1.29 is 13.2 Å². The van der Waals surface area contributed by atoms with Crippen molar-refractivity contribution in [3.63, 3.8) is 0 Å². The van der Waals surface area contributed by atoms with E-state index in [0.29, 0.717) is 24.2 Å². The minimum absolute atomic E-state index is 0.149. The number of pyridine rings is 1. The maximum Gasteiger partial charge on any atom is 0.243 e. The van der Waals surface area contributed by atoms with E-state index in [1.165, 1.54) is 0 Å². The van der Waals surface area contributed by atoms with E-state index in [0.717, 1.165) is 30.1 Å². The molecule has 0 spiro atoms. The average molecular weight is 390 g/mol. The topological polar surface area (TPSA) is 94.1 Å². The van der Waals surface area contributed by atoms with Crippen LogP contribution in [0.2, 0.25) is 0 Å². The SMILES string of the molecule is O=S(=O)(N[C@@H](c1cccnc1)C1CCOCC1)c1cccc2nsnc12. The standard InChI is InChI=1S/C17H18N4O3S2/c22-26(23,15-5-1-4-14-17(15)20-25-19-14)21-16(12-6-9-24-10-7-12)13-3-2-8-18-11-13/h1-5,8,11-12,16,21H,6-7,9-10H2/t16-/m1/s1. The Morgan fingerprint density at radius 2 is 2.00 bits per heavy atom. The number of aromatic nitrogens is 3. The minimum atomic E-state index is -3.77. The van der Waals surface area contributed by atoms with Crippen molar-refractivity contribution in [2.24, 2.45) is 5.92 Å². The average Bonchev–Trinajstić information content (AvgIpc) is 3.16. The Morgan fingerprint density at radius 1 is 1.15 bits per heavy atom. The third-order valence-electron chi connectivity index (χ3n) is 4.60. The molecule has 0 unspecified atom stereocenters. The van der Waals surface area contributed by atoms with Crippen LogP contribution in [0.3, 0.4) is 0 Å². The number of hydrogen-bond acceptors (Lipinski definition) is 7. The number of rotatable bonds is 5. The van der Waals surface area contributed by atoms with Gasteiger partial charge in [0.1, 0.15) is 15.9 Å². The van der Waals surface area contributed by atoms with Gasteiger partial charge < -0.3 is 4.74 Å². The summed E-state index contributed by atoms with van der Waals surface area (Å²) < 4.78 is 42.9. The molecule has 9 heteroatoms. The highest BCUT2D eigenvalue weighted by Gasteiger charge is 2.31. The third-order valence-corrected chi connectivity index (χ3v) is 6.62. The van der Waals surface area contributed by atoms with E-state index in [9.17, 15) is 8.42 Å². The van der Waals surface area contributed by atoms with Crippen molar-refractivity contribution in [1.29, 1.82) is 0 Å². The van der Waals surface area contributed by atoms with Gasteiger partial charge >= 0.3 is 0 Å². The predicted octanol–water partition coefficient (Wildman–Crippen LogP) is 2.53. The molecule has 1 aliphatic rings. The zero-order chi connectivity index (χ0) is 18.0. The molecule has 4 rings (SSSR count). The summed E-state index contributed by atoms with van der Waals surface area (Å²) in [5, 5.41) is 0. The maximum atomic E-state index is 13.1. The Kier molecular flexibility index (Phi) is 4.94. The van der Waals surface area contributed by atoms with Gasteiger partial charge in [-0.05, 0) is 42.5 Å². The third kappa shape index (κ3) is 3.48. The lowest BCUT2D eigenvalue weighted by Gasteiger charge is -2.31. The molecule has 0 amide bonds. The van der Waals surface area contributed by atoms with Gasteiger partial charge in [-0.1, -0.05) is 12.1 Å². The van der Waals surface area contributed by atoms with Crippen LogP contribution in [-0.4, -0.2) is 35.4 Å². The number of sulfonamides is 1. The van der Waals surface area contributed by atoms with Crippen molar-refractivity contribution in [3.8, 4) is 0 Å². The van der Waals surface area contributed by atoms with Gasteiger partial charge in [0.05, 0.1) is 17.8 Å². The van der Waals surface area contributed by atoms with E-state index < -0.39 is 10.0 Å². The molecule has 136 valence electrons. The molecule has 1 N–H and O–H groups in total. The normalized spacial score (nSPS) is 17.4.